The predicted octanol–water partition coefficient (Wildman–Crippen LogP) is 3.98. The summed E-state index contributed by atoms with van der Waals surface area (Å²) in [5.41, 5.74) is 3.39. The van der Waals surface area contributed by atoms with Crippen LogP contribution in [0.15, 0.2) is 55.0 Å². The largest absolute Gasteiger partial charge is 0.383 e. The average Bonchev–Trinajstić information content (AvgIpc) is 3.46. The summed E-state index contributed by atoms with van der Waals surface area (Å²) in [6.45, 7) is 5.16. The summed E-state index contributed by atoms with van der Waals surface area (Å²) in [6, 6.07) is 13.0. The van der Waals surface area contributed by atoms with E-state index in [1.807, 2.05) is 30.3 Å². The highest BCUT2D eigenvalue weighted by molar-refractivity contribution is 7.91. The Kier molecular flexibility index (Phi) is 7.33. The minimum atomic E-state index is -3.86. The summed E-state index contributed by atoms with van der Waals surface area (Å²) in [4.78, 5) is 3.89. The quantitative estimate of drug-likeness (QED) is 0.228. The van der Waals surface area contributed by atoms with E-state index < -0.39 is 10.2 Å². The number of nitrogens with zero attached hydrogens (tertiary/aromatic N) is 3. The lowest BCUT2D eigenvalue weighted by Gasteiger charge is -2.15. The number of rotatable bonds is 11. The lowest BCUT2D eigenvalue weighted by atomic mass is 10.1. The summed E-state index contributed by atoms with van der Waals surface area (Å²) >= 11 is 7.17. The number of fused-ring (bicyclic) bond motifs is 1. The molecule has 33 heavy (non-hydrogen) atoms. The lowest BCUT2D eigenvalue weighted by Crippen LogP contribution is -2.22. The molecule has 0 saturated carbocycles. The number of nitrogens with one attached hydrogen (secondary N) is 4. The Labute approximate surface area is 201 Å². The van der Waals surface area contributed by atoms with Crippen molar-refractivity contribution in [2.75, 3.05) is 35.0 Å². The van der Waals surface area contributed by atoms with E-state index in [9.17, 15) is 8.42 Å². The Morgan fingerprint density at radius 3 is 2.76 bits per heavy atom. The normalized spacial score (nSPS) is 11.6. The van der Waals surface area contributed by atoms with Gasteiger partial charge in [0.1, 0.15) is 6.33 Å². The highest BCUT2D eigenvalue weighted by Gasteiger charge is 2.18. The van der Waals surface area contributed by atoms with Crippen molar-refractivity contribution in [3.63, 3.8) is 0 Å². The van der Waals surface area contributed by atoms with Crippen LogP contribution in [0, 0.1) is 0 Å². The van der Waals surface area contributed by atoms with Crippen molar-refractivity contribution in [2.45, 2.75) is 13.5 Å². The molecular formula is C21H24ClN7O2S2. The number of benzene rings is 2. The van der Waals surface area contributed by atoms with Crippen molar-refractivity contribution in [2.24, 2.45) is 0 Å². The monoisotopic (exact) mass is 505 g/mol. The second-order valence-corrected chi connectivity index (χ2v) is 9.90. The molecule has 0 fully saturated rings. The number of anilines is 3. The van der Waals surface area contributed by atoms with Crippen LogP contribution in [0.2, 0.25) is 5.02 Å². The van der Waals surface area contributed by atoms with Gasteiger partial charge in [0.2, 0.25) is 5.13 Å². The van der Waals surface area contributed by atoms with Gasteiger partial charge in [-0.1, -0.05) is 30.7 Å². The van der Waals surface area contributed by atoms with Gasteiger partial charge in [0.25, 0.3) is 0 Å². The predicted molar refractivity (Wildman–Crippen MR) is 136 cm³/mol. The van der Waals surface area contributed by atoms with Gasteiger partial charge in [0, 0.05) is 59.1 Å². The van der Waals surface area contributed by atoms with E-state index in [2.05, 4.69) is 37.0 Å². The van der Waals surface area contributed by atoms with Gasteiger partial charge in [0.05, 0.1) is 5.52 Å². The minimum Gasteiger partial charge on any atom is -0.383 e. The fourth-order valence-electron chi connectivity index (χ4n) is 3.40. The molecule has 174 valence electrons. The van der Waals surface area contributed by atoms with Crippen LogP contribution in [-0.2, 0) is 16.8 Å². The third-order valence-corrected chi connectivity index (χ3v) is 7.17. The third-order valence-electron chi connectivity index (χ3n) is 4.94. The van der Waals surface area contributed by atoms with Gasteiger partial charge in [-0.15, -0.1) is 0 Å². The SMILES string of the molecule is CCNCCNc1cc(Cl)ccc1CNc1cccc2c1ccn2S(=O)(=O)Nc1ncns1. The number of hydrogen-bond acceptors (Lipinski definition) is 8. The van der Waals surface area contributed by atoms with Crippen molar-refractivity contribution < 1.29 is 8.42 Å². The molecule has 0 amide bonds. The molecule has 2 aromatic heterocycles. The molecule has 4 rings (SSSR count). The number of hydrogen-bond donors (Lipinski definition) is 4. The molecule has 0 saturated heterocycles. The average molecular weight is 506 g/mol. The molecule has 2 aromatic carbocycles. The maximum Gasteiger partial charge on any atom is 0.329 e. The zero-order valence-electron chi connectivity index (χ0n) is 17.9. The molecule has 0 aliphatic rings. The highest BCUT2D eigenvalue weighted by atomic mass is 35.5. The Balaban J connectivity index is 1.54. The fraction of sp³-hybridized carbons (Fsp3) is 0.238. The molecule has 2 heterocycles. The van der Waals surface area contributed by atoms with E-state index in [-0.39, 0.29) is 5.13 Å². The second kappa shape index (κ2) is 10.4. The van der Waals surface area contributed by atoms with Crippen LogP contribution >= 0.6 is 23.1 Å². The molecule has 0 aliphatic heterocycles. The van der Waals surface area contributed by atoms with Crippen LogP contribution in [-0.4, -0.2) is 41.4 Å². The van der Waals surface area contributed by atoms with Gasteiger partial charge in [-0.3, -0.25) is 0 Å². The van der Waals surface area contributed by atoms with Crippen molar-refractivity contribution in [3.05, 3.63) is 65.6 Å². The van der Waals surface area contributed by atoms with Crippen molar-refractivity contribution in [1.82, 2.24) is 18.6 Å². The van der Waals surface area contributed by atoms with E-state index in [0.29, 0.717) is 17.1 Å². The second-order valence-electron chi connectivity index (χ2n) is 7.14. The van der Waals surface area contributed by atoms with Crippen LogP contribution in [0.25, 0.3) is 10.9 Å². The molecule has 9 nitrogen and oxygen atoms in total. The zero-order valence-corrected chi connectivity index (χ0v) is 20.3. The maximum absolute atomic E-state index is 12.8. The standard InChI is InChI=1S/C21H24ClN7O2S2/c1-2-23-9-10-24-19-12-16(22)7-6-15(19)13-25-18-4-3-5-20-17(18)8-11-29(20)33(30,31)28-21-26-14-27-32-21/h3-8,11-12,14,23-25H,2,9-10,13H2,1H3,(H,26,27,28). The van der Waals surface area contributed by atoms with Gasteiger partial charge < -0.3 is 16.0 Å². The molecule has 0 aliphatic carbocycles. The van der Waals surface area contributed by atoms with Crippen molar-refractivity contribution in [3.8, 4) is 0 Å². The van der Waals surface area contributed by atoms with Gasteiger partial charge in [-0.05, 0) is 42.4 Å². The third kappa shape index (κ3) is 5.56. The summed E-state index contributed by atoms with van der Waals surface area (Å²) < 4.78 is 33.1. The Morgan fingerprint density at radius 1 is 1.09 bits per heavy atom. The first kappa shape index (κ1) is 23.3. The van der Waals surface area contributed by atoms with Gasteiger partial charge in [0.15, 0.2) is 0 Å². The van der Waals surface area contributed by atoms with Gasteiger partial charge >= 0.3 is 10.2 Å². The van der Waals surface area contributed by atoms with E-state index in [1.165, 1.54) is 16.5 Å². The Bertz CT molecular complexity index is 1320. The van der Waals surface area contributed by atoms with Crippen LogP contribution < -0.4 is 20.7 Å². The van der Waals surface area contributed by atoms with Crippen LogP contribution in [0.1, 0.15) is 12.5 Å². The Morgan fingerprint density at radius 2 is 1.97 bits per heavy atom. The molecular weight excluding hydrogens is 482 g/mol. The minimum absolute atomic E-state index is 0.211. The topological polar surface area (TPSA) is 113 Å². The first-order valence-corrected chi connectivity index (χ1v) is 12.9. The molecule has 12 heteroatoms. The lowest BCUT2D eigenvalue weighted by molar-refractivity contribution is 0.594. The number of likely N-dealkylation sites (N-methyl/N-ethyl adjacent to an activating group) is 1. The molecule has 4 aromatic rings. The molecule has 0 spiro atoms. The Hall–Kier alpha value is -2.86. The van der Waals surface area contributed by atoms with E-state index >= 15 is 0 Å². The van der Waals surface area contributed by atoms with E-state index in [0.717, 1.165) is 53.5 Å². The maximum atomic E-state index is 12.8. The first-order chi connectivity index (χ1) is 16.0. The van der Waals surface area contributed by atoms with E-state index in [4.69, 9.17) is 11.6 Å². The fourth-order valence-corrected chi connectivity index (χ4v) is 5.34. The van der Waals surface area contributed by atoms with E-state index in [1.54, 1.807) is 12.1 Å². The van der Waals surface area contributed by atoms with Crippen molar-refractivity contribution >= 4 is 60.8 Å². The molecule has 0 bridgehead atoms. The molecule has 0 atom stereocenters. The smallest absolute Gasteiger partial charge is 0.329 e. The first-order valence-electron chi connectivity index (χ1n) is 10.3. The molecule has 0 unspecified atom stereocenters. The van der Waals surface area contributed by atoms with Crippen LogP contribution in [0.5, 0.6) is 0 Å². The number of halogens is 1. The van der Waals surface area contributed by atoms with Crippen molar-refractivity contribution in [1.29, 1.82) is 0 Å². The molecule has 4 N–H and O–H groups in total. The zero-order chi connectivity index (χ0) is 23.3. The van der Waals surface area contributed by atoms with Crippen LogP contribution in [0.4, 0.5) is 16.5 Å². The summed E-state index contributed by atoms with van der Waals surface area (Å²) in [7, 11) is -3.86. The van der Waals surface area contributed by atoms with Gasteiger partial charge in [-0.2, -0.15) is 12.8 Å². The highest BCUT2D eigenvalue weighted by Crippen LogP contribution is 2.28. The summed E-state index contributed by atoms with van der Waals surface area (Å²) in [5, 5.41) is 11.8. The van der Waals surface area contributed by atoms with Gasteiger partial charge in [-0.25, -0.2) is 13.7 Å². The number of aromatic nitrogens is 3. The van der Waals surface area contributed by atoms with Crippen LogP contribution in [0.3, 0.4) is 0 Å². The summed E-state index contributed by atoms with van der Waals surface area (Å²) in [6.07, 6.45) is 2.83. The molecule has 0 radical (unpaired) electrons. The summed E-state index contributed by atoms with van der Waals surface area (Å²) in [5.74, 6) is 0.